The molecule has 4 heterocycles. The van der Waals surface area contributed by atoms with Crippen LogP contribution in [0.25, 0.3) is 41.6 Å². The van der Waals surface area contributed by atoms with Crippen LogP contribution < -0.4 is 15.5 Å². The van der Waals surface area contributed by atoms with Crippen molar-refractivity contribution in [1.82, 2.24) is 24.9 Å². The van der Waals surface area contributed by atoms with Gasteiger partial charge in [-0.1, -0.05) is 24.3 Å². The van der Waals surface area contributed by atoms with Crippen LogP contribution in [-0.4, -0.2) is 77.2 Å². The maximum absolute atomic E-state index is 12.2. The number of thiazole rings is 2. The lowest BCUT2D eigenvalue weighted by atomic mass is 10.2. The lowest BCUT2D eigenvalue weighted by molar-refractivity contribution is 0.122. The third-order valence-corrected chi connectivity index (χ3v) is 11.9. The number of ether oxygens (including phenoxy) is 1. The highest BCUT2D eigenvalue weighted by molar-refractivity contribution is 7.86. The number of fused-ring (bicyclic) bond motifs is 2. The highest BCUT2D eigenvalue weighted by atomic mass is 32.2. The number of nitrogens with one attached hydrogen (secondary N) is 2. The summed E-state index contributed by atoms with van der Waals surface area (Å²) < 4.78 is 75.7. The summed E-state index contributed by atoms with van der Waals surface area (Å²) in [4.78, 5) is 24.7. The van der Waals surface area contributed by atoms with Crippen molar-refractivity contribution >= 4 is 92.6 Å². The van der Waals surface area contributed by atoms with Crippen molar-refractivity contribution in [2.45, 2.75) is 9.79 Å². The van der Waals surface area contributed by atoms with Crippen molar-refractivity contribution < 1.29 is 30.7 Å². The molecule has 8 rings (SSSR count). The Morgan fingerprint density at radius 3 is 1.52 bits per heavy atom. The molecule has 0 atom stereocenters. The first-order valence-electron chi connectivity index (χ1n) is 15.6. The molecule has 0 amide bonds. The van der Waals surface area contributed by atoms with E-state index < -0.39 is 20.2 Å². The van der Waals surface area contributed by atoms with E-state index in [2.05, 4.69) is 25.6 Å². The molecule has 15 nitrogen and oxygen atoms in total. The van der Waals surface area contributed by atoms with E-state index in [9.17, 15) is 25.9 Å². The molecular weight excluding hydrogens is 749 g/mol. The fourth-order valence-electron chi connectivity index (χ4n) is 5.54. The van der Waals surface area contributed by atoms with E-state index in [1.54, 1.807) is 0 Å². The molecule has 0 saturated carbocycles. The molecule has 4 aromatic carbocycles. The van der Waals surface area contributed by atoms with Crippen LogP contribution >= 0.6 is 22.7 Å². The second-order valence-electron chi connectivity index (χ2n) is 11.5. The van der Waals surface area contributed by atoms with Crippen LogP contribution in [0.15, 0.2) is 94.7 Å². The summed E-state index contributed by atoms with van der Waals surface area (Å²) in [7, 11) is -9.08. The second kappa shape index (κ2) is 13.4. The first-order chi connectivity index (χ1) is 25.0. The number of anilines is 5. The molecule has 0 radical (unpaired) electrons. The van der Waals surface area contributed by atoms with E-state index >= 15 is 0 Å². The van der Waals surface area contributed by atoms with Gasteiger partial charge in [-0.2, -0.15) is 31.8 Å². The van der Waals surface area contributed by atoms with Gasteiger partial charge >= 0.3 is 0 Å². The van der Waals surface area contributed by atoms with Crippen LogP contribution in [0.4, 0.5) is 29.2 Å². The van der Waals surface area contributed by atoms with Gasteiger partial charge in [0, 0.05) is 24.2 Å². The monoisotopic (exact) mass is 774 g/mol. The zero-order chi connectivity index (χ0) is 36.0. The van der Waals surface area contributed by atoms with Crippen LogP contribution in [0, 0.1) is 0 Å². The molecule has 264 valence electrons. The Bertz CT molecular complexity index is 2470. The number of morpholine rings is 1. The Kier molecular flexibility index (Phi) is 8.78. The highest BCUT2D eigenvalue weighted by Crippen LogP contribution is 2.39. The number of nitrogens with zero attached hydrogens (tertiary/aromatic N) is 6. The largest absolute Gasteiger partial charge is 0.378 e. The topological polar surface area (TPSA) is 210 Å². The van der Waals surface area contributed by atoms with Crippen molar-refractivity contribution in [3.63, 3.8) is 0 Å². The third kappa shape index (κ3) is 7.02. The predicted octanol–water partition coefficient (Wildman–Crippen LogP) is 6.24. The molecule has 52 heavy (non-hydrogen) atoms. The van der Waals surface area contributed by atoms with Crippen LogP contribution in [-0.2, 0) is 25.0 Å². The van der Waals surface area contributed by atoms with Gasteiger partial charge in [0.2, 0.25) is 17.8 Å². The van der Waals surface area contributed by atoms with Crippen molar-refractivity contribution in [2.75, 3.05) is 41.8 Å². The Labute approximate surface area is 304 Å². The SMILES string of the molecule is O=S(=O)(O)c1ccc(Nc2nc(Nc3ccc(S(=O)(=O)O)cc3-c3nc4ccccc4s3)nc(N3CCOCC3)n2)c(-c2nc3ccccc3s2)c1. The number of para-hydroxylation sites is 2. The summed E-state index contributed by atoms with van der Waals surface area (Å²) in [5, 5.41) is 7.39. The van der Waals surface area contributed by atoms with Crippen LogP contribution in [0.5, 0.6) is 0 Å². The molecular formula is C33H26N8O7S4. The van der Waals surface area contributed by atoms with E-state index in [0.717, 1.165) is 20.4 Å². The first kappa shape index (κ1) is 34.0. The van der Waals surface area contributed by atoms with E-state index in [1.807, 2.05) is 53.4 Å². The van der Waals surface area contributed by atoms with E-state index in [-0.39, 0.29) is 21.7 Å². The third-order valence-electron chi connectivity index (χ3n) is 8.04. The quantitative estimate of drug-likeness (QED) is 0.120. The fourth-order valence-corrected chi connectivity index (χ4v) is 8.54. The Morgan fingerprint density at radius 1 is 0.615 bits per heavy atom. The molecule has 0 aliphatic carbocycles. The molecule has 1 aliphatic rings. The molecule has 19 heteroatoms. The normalized spacial score (nSPS) is 13.8. The summed E-state index contributed by atoms with van der Waals surface area (Å²) in [5.74, 6) is 0.504. The van der Waals surface area contributed by atoms with Crippen molar-refractivity contribution in [2.24, 2.45) is 0 Å². The molecule has 0 unspecified atom stereocenters. The number of rotatable bonds is 9. The Morgan fingerprint density at radius 2 is 1.08 bits per heavy atom. The van der Waals surface area contributed by atoms with Crippen LogP contribution in [0.2, 0.25) is 0 Å². The average Bonchev–Trinajstić information content (AvgIpc) is 3.76. The van der Waals surface area contributed by atoms with Crippen molar-refractivity contribution in [1.29, 1.82) is 0 Å². The second-order valence-corrected chi connectivity index (χ2v) is 16.4. The van der Waals surface area contributed by atoms with Gasteiger partial charge in [0.15, 0.2) is 0 Å². The van der Waals surface area contributed by atoms with Gasteiger partial charge < -0.3 is 20.3 Å². The molecule has 1 fully saturated rings. The van der Waals surface area contributed by atoms with Crippen LogP contribution in [0.1, 0.15) is 0 Å². The molecule has 1 saturated heterocycles. The van der Waals surface area contributed by atoms with Gasteiger partial charge in [-0.25, -0.2) is 9.97 Å². The van der Waals surface area contributed by atoms with Gasteiger partial charge in [0.1, 0.15) is 10.0 Å². The maximum atomic E-state index is 12.2. The van der Waals surface area contributed by atoms with E-state index in [1.165, 1.54) is 59.1 Å². The van der Waals surface area contributed by atoms with Crippen molar-refractivity contribution in [3.8, 4) is 21.1 Å². The molecule has 1 aliphatic heterocycles. The van der Waals surface area contributed by atoms with Gasteiger partial charge in [-0.15, -0.1) is 22.7 Å². The Balaban J connectivity index is 1.23. The van der Waals surface area contributed by atoms with Gasteiger partial charge in [-0.3, -0.25) is 9.11 Å². The van der Waals surface area contributed by atoms with Crippen molar-refractivity contribution in [3.05, 3.63) is 84.9 Å². The number of hydrogen-bond donors (Lipinski definition) is 4. The Hall–Kier alpha value is -5.15. The van der Waals surface area contributed by atoms with Gasteiger partial charge in [0.25, 0.3) is 20.2 Å². The van der Waals surface area contributed by atoms with Crippen LogP contribution in [0.3, 0.4) is 0 Å². The average molecular weight is 775 g/mol. The molecule has 3 aromatic heterocycles. The summed E-state index contributed by atoms with van der Waals surface area (Å²) in [6, 6.07) is 23.1. The first-order valence-corrected chi connectivity index (χ1v) is 20.1. The highest BCUT2D eigenvalue weighted by Gasteiger charge is 2.22. The zero-order valence-corrected chi connectivity index (χ0v) is 29.9. The maximum Gasteiger partial charge on any atom is 0.294 e. The lowest BCUT2D eigenvalue weighted by Gasteiger charge is -2.27. The van der Waals surface area contributed by atoms with Gasteiger partial charge in [-0.05, 0) is 60.7 Å². The standard InChI is InChI=1S/C33H26N8O7S4/c42-51(43,44)19-9-11-23(21(17-19)29-34-25-5-1-3-7-27(25)49-29)36-31-38-32(40-33(39-31)41-13-15-48-16-14-41)37-24-12-10-20(52(45,46)47)18-22(24)30-35-26-6-2-4-8-28(26)50-30/h1-12,17-18H,13-16H2,(H,42,43,44)(H,45,46,47)(H2,36,37,38,39,40). The summed E-state index contributed by atoms with van der Waals surface area (Å²) in [5.41, 5.74) is 3.02. The fraction of sp³-hybridized carbons (Fsp3) is 0.121. The molecule has 0 spiro atoms. The minimum atomic E-state index is -4.54. The van der Waals surface area contributed by atoms with Gasteiger partial charge in [0.05, 0.1) is 54.8 Å². The zero-order valence-electron chi connectivity index (χ0n) is 26.7. The van der Waals surface area contributed by atoms with E-state index in [0.29, 0.717) is 64.8 Å². The summed E-state index contributed by atoms with van der Waals surface area (Å²) in [6.07, 6.45) is 0. The number of benzene rings is 4. The minimum absolute atomic E-state index is 0.0945. The summed E-state index contributed by atoms with van der Waals surface area (Å²) >= 11 is 2.70. The number of aromatic nitrogens is 5. The predicted molar refractivity (Wildman–Crippen MR) is 199 cm³/mol. The smallest absolute Gasteiger partial charge is 0.294 e. The summed E-state index contributed by atoms with van der Waals surface area (Å²) in [6.45, 7) is 1.91. The lowest BCUT2D eigenvalue weighted by Crippen LogP contribution is -2.37. The van der Waals surface area contributed by atoms with E-state index in [4.69, 9.17) is 14.7 Å². The number of hydrogen-bond acceptors (Lipinski definition) is 15. The minimum Gasteiger partial charge on any atom is -0.378 e. The molecule has 4 N–H and O–H groups in total. The molecule has 7 aromatic rings. The molecule has 0 bridgehead atoms.